The Morgan fingerprint density at radius 2 is 2.12 bits per heavy atom. The Morgan fingerprint density at radius 1 is 1.21 bits per heavy atom. The number of anilines is 1. The molecule has 7 heteroatoms. The number of carbonyl (C=O) groups is 1. The minimum Gasteiger partial charge on any atom is -0.370 e. The van der Waals surface area contributed by atoms with Crippen molar-refractivity contribution >= 4 is 39.1 Å². The van der Waals surface area contributed by atoms with Crippen LogP contribution in [-0.2, 0) is 30.6 Å². The Balaban J connectivity index is 1.35. The first-order valence-corrected chi connectivity index (χ1v) is 12.6. The van der Waals surface area contributed by atoms with Gasteiger partial charge in [0.25, 0.3) is 0 Å². The lowest BCUT2D eigenvalue weighted by Crippen LogP contribution is -2.43. The average Bonchev–Trinajstić information content (AvgIpc) is 3.02. The number of piperidine rings is 1. The van der Waals surface area contributed by atoms with Crippen molar-refractivity contribution in [3.05, 3.63) is 86.4 Å². The molecule has 33 heavy (non-hydrogen) atoms. The van der Waals surface area contributed by atoms with Crippen molar-refractivity contribution < 1.29 is 4.79 Å². The average molecular weight is 526 g/mol. The molecule has 1 aliphatic heterocycles. The highest BCUT2D eigenvalue weighted by Crippen LogP contribution is 2.38. The standard InChI is InChI=1S/C26H26BrClN4O/c27-23-15-30-24-12-19-5-7-21(28)11-18(19)6-8-22(24)25(23)32-10-2-4-20(16-32)26(33)31-14-17-3-1-9-29-13-17/h1,3,5,7,9,11,13,15,20H,2,4,6,8,10,12,14,16H2,(H,31,33). The van der Waals surface area contributed by atoms with E-state index in [1.165, 1.54) is 22.4 Å². The van der Waals surface area contributed by atoms with Crippen molar-refractivity contribution in [1.82, 2.24) is 15.3 Å². The van der Waals surface area contributed by atoms with Crippen molar-refractivity contribution in [2.45, 2.75) is 38.6 Å². The second kappa shape index (κ2) is 9.82. The number of nitrogens with zero attached hydrogens (tertiary/aromatic N) is 3. The van der Waals surface area contributed by atoms with Crippen molar-refractivity contribution in [2.24, 2.45) is 5.92 Å². The van der Waals surface area contributed by atoms with E-state index in [1.807, 2.05) is 24.4 Å². The third-order valence-corrected chi connectivity index (χ3v) is 7.48. The molecule has 5 nitrogen and oxygen atoms in total. The summed E-state index contributed by atoms with van der Waals surface area (Å²) in [5.41, 5.74) is 7.22. The van der Waals surface area contributed by atoms with Crippen LogP contribution in [0.25, 0.3) is 0 Å². The molecule has 3 heterocycles. The summed E-state index contributed by atoms with van der Waals surface area (Å²) in [7, 11) is 0. The van der Waals surface area contributed by atoms with Gasteiger partial charge in [-0.05, 0) is 82.1 Å². The number of aromatic nitrogens is 2. The van der Waals surface area contributed by atoms with E-state index < -0.39 is 0 Å². The summed E-state index contributed by atoms with van der Waals surface area (Å²) in [5.74, 6) is 0.0785. The monoisotopic (exact) mass is 524 g/mol. The van der Waals surface area contributed by atoms with Crippen LogP contribution in [0.1, 0.15) is 40.8 Å². The van der Waals surface area contributed by atoms with E-state index >= 15 is 0 Å². The predicted molar refractivity (Wildman–Crippen MR) is 135 cm³/mol. The number of hydrogen-bond donors (Lipinski definition) is 1. The molecule has 1 unspecified atom stereocenters. The van der Waals surface area contributed by atoms with E-state index in [4.69, 9.17) is 16.6 Å². The predicted octanol–water partition coefficient (Wildman–Crippen LogP) is 5.11. The number of pyridine rings is 2. The number of amides is 1. The minimum atomic E-state index is -0.0343. The Morgan fingerprint density at radius 3 is 2.97 bits per heavy atom. The third kappa shape index (κ3) is 4.92. The second-order valence-corrected chi connectivity index (χ2v) is 10.1. The molecule has 2 aliphatic rings. The first-order valence-electron chi connectivity index (χ1n) is 11.4. The molecule has 0 spiro atoms. The maximum atomic E-state index is 13.0. The quantitative estimate of drug-likeness (QED) is 0.514. The lowest BCUT2D eigenvalue weighted by atomic mass is 9.95. The van der Waals surface area contributed by atoms with Gasteiger partial charge in [0.2, 0.25) is 5.91 Å². The molecule has 1 amide bonds. The third-order valence-electron chi connectivity index (χ3n) is 6.66. The number of aryl methyl sites for hydroxylation is 1. The highest BCUT2D eigenvalue weighted by atomic mass is 79.9. The highest BCUT2D eigenvalue weighted by molar-refractivity contribution is 9.10. The SMILES string of the molecule is O=C(NCc1cccnc1)C1CCCN(c2c(Br)cnc3c2CCc2cc(Cl)ccc2C3)C1. The summed E-state index contributed by atoms with van der Waals surface area (Å²) in [6.07, 6.45) is 10.0. The van der Waals surface area contributed by atoms with Crippen LogP contribution < -0.4 is 10.2 Å². The van der Waals surface area contributed by atoms with Gasteiger partial charge in [-0.3, -0.25) is 14.8 Å². The summed E-state index contributed by atoms with van der Waals surface area (Å²) in [4.78, 5) is 24.3. The van der Waals surface area contributed by atoms with Gasteiger partial charge in [0, 0.05) is 49.7 Å². The number of fused-ring (bicyclic) bond motifs is 2. The molecular formula is C26H26BrClN4O. The van der Waals surface area contributed by atoms with Crippen LogP contribution in [0, 0.1) is 5.92 Å². The summed E-state index contributed by atoms with van der Waals surface area (Å²) in [6, 6.07) is 10.0. The van der Waals surface area contributed by atoms with Gasteiger partial charge >= 0.3 is 0 Å². The fraction of sp³-hybridized carbons (Fsp3) is 0.346. The normalized spacial score (nSPS) is 17.6. The Labute approximate surface area is 207 Å². The fourth-order valence-corrected chi connectivity index (χ4v) is 5.77. The van der Waals surface area contributed by atoms with E-state index in [0.717, 1.165) is 59.4 Å². The first-order chi connectivity index (χ1) is 16.1. The summed E-state index contributed by atoms with van der Waals surface area (Å²) >= 11 is 10.0. The number of hydrogen-bond acceptors (Lipinski definition) is 4. The van der Waals surface area contributed by atoms with E-state index in [-0.39, 0.29) is 11.8 Å². The Bertz CT molecular complexity index is 1170. The van der Waals surface area contributed by atoms with Crippen LogP contribution in [0.5, 0.6) is 0 Å². The van der Waals surface area contributed by atoms with Crippen LogP contribution >= 0.6 is 27.5 Å². The first kappa shape index (κ1) is 22.4. The van der Waals surface area contributed by atoms with E-state index in [1.54, 1.807) is 12.4 Å². The molecule has 3 aromatic rings. The zero-order valence-electron chi connectivity index (χ0n) is 18.4. The second-order valence-electron chi connectivity index (χ2n) is 8.83. The van der Waals surface area contributed by atoms with Crippen molar-refractivity contribution in [3.8, 4) is 0 Å². The van der Waals surface area contributed by atoms with E-state index in [2.05, 4.69) is 43.3 Å². The molecule has 1 N–H and O–H groups in total. The summed E-state index contributed by atoms with van der Waals surface area (Å²) in [6.45, 7) is 2.17. The molecule has 0 radical (unpaired) electrons. The number of halogens is 2. The van der Waals surface area contributed by atoms with Gasteiger partial charge in [0.1, 0.15) is 0 Å². The molecule has 0 saturated carbocycles. The Kier molecular flexibility index (Phi) is 6.65. The van der Waals surface area contributed by atoms with Gasteiger partial charge in [-0.25, -0.2) is 0 Å². The summed E-state index contributed by atoms with van der Waals surface area (Å²) < 4.78 is 1.00. The minimum absolute atomic E-state index is 0.0343. The lowest BCUT2D eigenvalue weighted by Gasteiger charge is -2.36. The molecule has 2 aromatic heterocycles. The largest absolute Gasteiger partial charge is 0.370 e. The fourth-order valence-electron chi connectivity index (χ4n) is 4.98. The van der Waals surface area contributed by atoms with Gasteiger partial charge in [0.05, 0.1) is 21.8 Å². The summed E-state index contributed by atoms with van der Waals surface area (Å²) in [5, 5.41) is 3.89. The van der Waals surface area contributed by atoms with E-state index in [0.29, 0.717) is 13.1 Å². The van der Waals surface area contributed by atoms with E-state index in [9.17, 15) is 4.79 Å². The van der Waals surface area contributed by atoms with Crippen molar-refractivity contribution in [3.63, 3.8) is 0 Å². The zero-order valence-corrected chi connectivity index (χ0v) is 20.7. The Hall–Kier alpha value is -2.44. The molecule has 1 aromatic carbocycles. The van der Waals surface area contributed by atoms with Gasteiger partial charge in [0.15, 0.2) is 0 Å². The van der Waals surface area contributed by atoms with Crippen LogP contribution in [0.15, 0.2) is 53.4 Å². The molecule has 1 saturated heterocycles. The molecule has 0 bridgehead atoms. The molecule has 5 rings (SSSR count). The number of benzene rings is 1. The molecule has 170 valence electrons. The molecule has 1 fully saturated rings. The van der Waals surface area contributed by atoms with Gasteiger partial charge in [-0.1, -0.05) is 23.7 Å². The smallest absolute Gasteiger partial charge is 0.225 e. The number of carbonyl (C=O) groups excluding carboxylic acids is 1. The van der Waals surface area contributed by atoms with Gasteiger partial charge in [-0.2, -0.15) is 0 Å². The maximum absolute atomic E-state index is 13.0. The van der Waals surface area contributed by atoms with Crippen molar-refractivity contribution in [1.29, 1.82) is 0 Å². The van der Waals surface area contributed by atoms with Crippen LogP contribution in [0.2, 0.25) is 5.02 Å². The number of nitrogens with one attached hydrogen (secondary N) is 1. The van der Waals surface area contributed by atoms with Gasteiger partial charge < -0.3 is 10.2 Å². The molecule has 1 atom stereocenters. The topological polar surface area (TPSA) is 58.1 Å². The van der Waals surface area contributed by atoms with Crippen LogP contribution in [0.4, 0.5) is 5.69 Å². The van der Waals surface area contributed by atoms with Crippen molar-refractivity contribution in [2.75, 3.05) is 18.0 Å². The zero-order chi connectivity index (χ0) is 22.8. The highest BCUT2D eigenvalue weighted by Gasteiger charge is 2.29. The molecule has 1 aliphatic carbocycles. The van der Waals surface area contributed by atoms with Gasteiger partial charge in [-0.15, -0.1) is 0 Å². The lowest BCUT2D eigenvalue weighted by molar-refractivity contribution is -0.125. The maximum Gasteiger partial charge on any atom is 0.225 e. The van der Waals surface area contributed by atoms with Crippen LogP contribution in [0.3, 0.4) is 0 Å². The van der Waals surface area contributed by atoms with Crippen LogP contribution in [-0.4, -0.2) is 29.0 Å². The number of rotatable bonds is 4. The molecular weight excluding hydrogens is 500 g/mol.